The van der Waals surface area contributed by atoms with Crippen LogP contribution in [0.3, 0.4) is 0 Å². The fourth-order valence-electron chi connectivity index (χ4n) is 3.42. The van der Waals surface area contributed by atoms with Gasteiger partial charge in [-0.3, -0.25) is 4.79 Å². The molecule has 2 atom stereocenters. The van der Waals surface area contributed by atoms with Crippen LogP contribution in [-0.4, -0.2) is 43.0 Å². The van der Waals surface area contributed by atoms with Crippen LogP contribution in [0, 0.1) is 12.8 Å². The minimum atomic E-state index is -0.156. The van der Waals surface area contributed by atoms with Gasteiger partial charge in [0.2, 0.25) is 5.91 Å². The number of carbonyl (C=O) groups is 2. The third kappa shape index (κ3) is 5.48. The molecule has 1 aliphatic rings. The number of piperidine rings is 1. The highest BCUT2D eigenvalue weighted by Gasteiger charge is 2.34. The van der Waals surface area contributed by atoms with Crippen molar-refractivity contribution in [2.45, 2.75) is 46.0 Å². The van der Waals surface area contributed by atoms with Gasteiger partial charge < -0.3 is 15.5 Å². The maximum atomic E-state index is 12.5. The summed E-state index contributed by atoms with van der Waals surface area (Å²) in [6.45, 7) is 8.56. The van der Waals surface area contributed by atoms with Crippen LogP contribution in [0.1, 0.15) is 50.2 Å². The topological polar surface area (TPSA) is 61.4 Å². The first kappa shape index (κ1) is 19.3. The fraction of sp³-hybridized carbons (Fsp3) is 0.600. The molecule has 138 valence electrons. The van der Waals surface area contributed by atoms with E-state index in [1.807, 2.05) is 17.9 Å². The molecule has 0 aliphatic carbocycles. The van der Waals surface area contributed by atoms with Gasteiger partial charge in [0.05, 0.1) is 5.92 Å². The number of nitrogens with one attached hydrogen (secondary N) is 2. The van der Waals surface area contributed by atoms with Crippen molar-refractivity contribution < 1.29 is 9.59 Å². The third-order valence-electron chi connectivity index (χ3n) is 4.78. The Morgan fingerprint density at radius 3 is 2.68 bits per heavy atom. The van der Waals surface area contributed by atoms with Crippen molar-refractivity contribution >= 4 is 11.9 Å². The van der Waals surface area contributed by atoms with Crippen molar-refractivity contribution in [2.24, 2.45) is 5.92 Å². The number of hydrogen-bond acceptors (Lipinski definition) is 2. The minimum absolute atomic E-state index is 0.0474. The molecule has 0 unspecified atom stereocenters. The lowest BCUT2D eigenvalue weighted by atomic mass is 9.83. The van der Waals surface area contributed by atoms with Gasteiger partial charge in [-0.2, -0.15) is 0 Å². The lowest BCUT2D eigenvalue weighted by Gasteiger charge is -2.37. The Labute approximate surface area is 151 Å². The summed E-state index contributed by atoms with van der Waals surface area (Å²) in [7, 11) is 0. The van der Waals surface area contributed by atoms with Crippen LogP contribution >= 0.6 is 0 Å². The summed E-state index contributed by atoms with van der Waals surface area (Å²) < 4.78 is 0. The van der Waals surface area contributed by atoms with Crippen LogP contribution in [0.5, 0.6) is 0 Å². The summed E-state index contributed by atoms with van der Waals surface area (Å²) in [6, 6.07) is 8.33. The second-order valence-corrected chi connectivity index (χ2v) is 6.93. The number of amides is 3. The summed E-state index contributed by atoms with van der Waals surface area (Å²) >= 11 is 0. The molecular formula is C20H31N3O2. The number of urea groups is 1. The van der Waals surface area contributed by atoms with E-state index in [0.29, 0.717) is 26.2 Å². The zero-order valence-electron chi connectivity index (χ0n) is 15.7. The average molecular weight is 345 g/mol. The van der Waals surface area contributed by atoms with Crippen LogP contribution in [0.25, 0.3) is 0 Å². The molecule has 1 heterocycles. The number of benzene rings is 1. The highest BCUT2D eigenvalue weighted by Crippen LogP contribution is 2.31. The molecule has 25 heavy (non-hydrogen) atoms. The summed E-state index contributed by atoms with van der Waals surface area (Å²) in [4.78, 5) is 26.7. The Morgan fingerprint density at radius 1 is 1.20 bits per heavy atom. The molecule has 1 aliphatic heterocycles. The van der Waals surface area contributed by atoms with E-state index in [0.717, 1.165) is 19.3 Å². The van der Waals surface area contributed by atoms with Crippen molar-refractivity contribution in [3.63, 3.8) is 0 Å². The van der Waals surface area contributed by atoms with Crippen molar-refractivity contribution in [3.8, 4) is 0 Å². The Hall–Kier alpha value is -2.04. The Bertz CT molecular complexity index is 588. The van der Waals surface area contributed by atoms with Gasteiger partial charge in [0.15, 0.2) is 0 Å². The maximum Gasteiger partial charge on any atom is 0.317 e. The second kappa shape index (κ2) is 9.44. The lowest BCUT2D eigenvalue weighted by molar-refractivity contribution is -0.126. The Balaban J connectivity index is 2.13. The van der Waals surface area contributed by atoms with E-state index in [9.17, 15) is 9.59 Å². The van der Waals surface area contributed by atoms with Crippen LogP contribution in [0.2, 0.25) is 0 Å². The minimum Gasteiger partial charge on any atom is -0.356 e. The van der Waals surface area contributed by atoms with Crippen LogP contribution < -0.4 is 10.6 Å². The maximum absolute atomic E-state index is 12.5. The van der Waals surface area contributed by atoms with Crippen molar-refractivity contribution in [1.82, 2.24) is 15.5 Å². The highest BCUT2D eigenvalue weighted by atomic mass is 16.2. The second-order valence-electron chi connectivity index (χ2n) is 6.93. The molecule has 0 aromatic heterocycles. The van der Waals surface area contributed by atoms with Gasteiger partial charge in [-0.05, 0) is 32.3 Å². The predicted molar refractivity (Wildman–Crippen MR) is 101 cm³/mol. The number of nitrogens with zero attached hydrogens (tertiary/aromatic N) is 1. The third-order valence-corrected chi connectivity index (χ3v) is 4.78. The fourth-order valence-corrected chi connectivity index (χ4v) is 3.42. The van der Waals surface area contributed by atoms with Gasteiger partial charge in [0.25, 0.3) is 0 Å². The zero-order chi connectivity index (χ0) is 18.2. The van der Waals surface area contributed by atoms with Gasteiger partial charge in [0, 0.05) is 32.1 Å². The van der Waals surface area contributed by atoms with E-state index >= 15 is 0 Å². The van der Waals surface area contributed by atoms with E-state index in [1.165, 1.54) is 11.1 Å². The van der Waals surface area contributed by atoms with Gasteiger partial charge in [0.1, 0.15) is 0 Å². The quantitative estimate of drug-likeness (QED) is 0.779. The lowest BCUT2D eigenvalue weighted by Crippen LogP contribution is -2.51. The smallest absolute Gasteiger partial charge is 0.317 e. The SMILES string of the molecule is CCCCNC(=O)N1C[C@H](C(=O)NCC)C[C@H](c2cccc(C)c2)C1. The molecule has 0 radical (unpaired) electrons. The van der Waals surface area contributed by atoms with Gasteiger partial charge >= 0.3 is 6.03 Å². The van der Waals surface area contributed by atoms with E-state index in [-0.39, 0.29) is 23.8 Å². The summed E-state index contributed by atoms with van der Waals surface area (Å²) in [5.41, 5.74) is 2.41. The first-order chi connectivity index (χ1) is 12.0. The molecule has 1 aromatic carbocycles. The molecule has 3 amide bonds. The number of hydrogen-bond donors (Lipinski definition) is 2. The van der Waals surface area contributed by atoms with E-state index in [4.69, 9.17) is 0 Å². The number of aryl methyl sites for hydroxylation is 1. The largest absolute Gasteiger partial charge is 0.356 e. The van der Waals surface area contributed by atoms with Gasteiger partial charge in [-0.25, -0.2) is 4.79 Å². The van der Waals surface area contributed by atoms with Gasteiger partial charge in [-0.15, -0.1) is 0 Å². The van der Waals surface area contributed by atoms with Crippen LogP contribution in [-0.2, 0) is 4.79 Å². The van der Waals surface area contributed by atoms with E-state index in [2.05, 4.69) is 42.7 Å². The standard InChI is InChI=1S/C20H31N3O2/c1-4-6-10-22-20(25)23-13-17(16-9-7-8-15(3)11-16)12-18(14-23)19(24)21-5-2/h7-9,11,17-18H,4-6,10,12-14H2,1-3H3,(H,21,24)(H,22,25)/t17-,18+/m0/s1. The van der Waals surface area contributed by atoms with E-state index in [1.54, 1.807) is 0 Å². The molecule has 0 bridgehead atoms. The molecule has 2 rings (SSSR count). The Morgan fingerprint density at radius 2 is 2.00 bits per heavy atom. The molecule has 2 N–H and O–H groups in total. The van der Waals surface area contributed by atoms with Crippen molar-refractivity contribution in [3.05, 3.63) is 35.4 Å². The van der Waals surface area contributed by atoms with Crippen LogP contribution in [0.4, 0.5) is 4.79 Å². The van der Waals surface area contributed by atoms with Gasteiger partial charge in [-0.1, -0.05) is 43.2 Å². The molecule has 5 nitrogen and oxygen atoms in total. The number of carbonyl (C=O) groups excluding carboxylic acids is 2. The molecule has 1 aromatic rings. The molecule has 0 spiro atoms. The molecule has 0 saturated carbocycles. The first-order valence-corrected chi connectivity index (χ1v) is 9.42. The summed E-state index contributed by atoms with van der Waals surface area (Å²) in [5.74, 6) is 0.0838. The van der Waals surface area contributed by atoms with Crippen molar-refractivity contribution in [1.29, 1.82) is 0 Å². The normalized spacial score (nSPS) is 20.2. The first-order valence-electron chi connectivity index (χ1n) is 9.42. The molecule has 5 heteroatoms. The number of rotatable bonds is 6. The number of unbranched alkanes of at least 4 members (excludes halogenated alkanes) is 1. The highest BCUT2D eigenvalue weighted by molar-refractivity contribution is 5.81. The summed E-state index contributed by atoms with van der Waals surface area (Å²) in [6.07, 6.45) is 2.81. The molecule has 1 fully saturated rings. The average Bonchev–Trinajstić information content (AvgIpc) is 2.61. The zero-order valence-corrected chi connectivity index (χ0v) is 15.7. The monoisotopic (exact) mass is 345 g/mol. The predicted octanol–water partition coefficient (Wildman–Crippen LogP) is 3.05. The Kier molecular flexibility index (Phi) is 7.29. The van der Waals surface area contributed by atoms with Crippen LogP contribution in [0.15, 0.2) is 24.3 Å². The molecule has 1 saturated heterocycles. The van der Waals surface area contributed by atoms with Crippen molar-refractivity contribution in [2.75, 3.05) is 26.2 Å². The number of likely N-dealkylation sites (tertiary alicyclic amines) is 1. The summed E-state index contributed by atoms with van der Waals surface area (Å²) in [5, 5.41) is 5.90. The molecular weight excluding hydrogens is 314 g/mol. The van der Waals surface area contributed by atoms with E-state index < -0.39 is 0 Å².